The lowest BCUT2D eigenvalue weighted by atomic mass is 10.2. The third kappa shape index (κ3) is 4.10. The van der Waals surface area contributed by atoms with Gasteiger partial charge >= 0.3 is 0 Å². The molecule has 0 fully saturated rings. The lowest BCUT2D eigenvalue weighted by Crippen LogP contribution is -1.99. The number of nitrogens with zero attached hydrogens (tertiary/aromatic N) is 1. The van der Waals surface area contributed by atoms with Gasteiger partial charge in [0.15, 0.2) is 23.0 Å². The minimum absolute atomic E-state index is 0.649. The number of methoxy groups -OCH3 is 3. The highest BCUT2D eigenvalue weighted by Crippen LogP contribution is 2.35. The number of rotatable bonds is 9. The molecule has 1 N–H and O–H groups in total. The van der Waals surface area contributed by atoms with Gasteiger partial charge in [0.1, 0.15) is 5.82 Å². The van der Waals surface area contributed by atoms with Crippen molar-refractivity contribution in [1.29, 1.82) is 0 Å². The molecule has 6 nitrogen and oxygen atoms in total. The Morgan fingerprint density at radius 3 is 2.26 bits per heavy atom. The van der Waals surface area contributed by atoms with Gasteiger partial charge in [-0.3, -0.25) is 0 Å². The van der Waals surface area contributed by atoms with Crippen LogP contribution in [0.3, 0.4) is 0 Å². The quantitative estimate of drug-likeness (QED) is 0.547. The second kappa shape index (κ2) is 8.66. The fraction of sp³-hybridized carbons (Fsp3) is 0.381. The molecule has 2 aromatic carbocycles. The normalized spacial score (nSPS) is 10.8. The first kappa shape index (κ1) is 18.9. The first-order chi connectivity index (χ1) is 13.2. The minimum Gasteiger partial charge on any atom is -0.493 e. The van der Waals surface area contributed by atoms with Gasteiger partial charge < -0.3 is 23.9 Å². The highest BCUT2D eigenvalue weighted by molar-refractivity contribution is 5.83. The molecule has 0 atom stereocenters. The molecule has 3 rings (SSSR count). The smallest absolute Gasteiger partial charge is 0.163 e. The summed E-state index contributed by atoms with van der Waals surface area (Å²) in [4.78, 5) is 8.00. The summed E-state index contributed by atoms with van der Waals surface area (Å²) >= 11 is 0. The van der Waals surface area contributed by atoms with E-state index in [1.807, 2.05) is 30.3 Å². The third-order valence-electron chi connectivity index (χ3n) is 4.43. The predicted molar refractivity (Wildman–Crippen MR) is 106 cm³/mol. The lowest BCUT2D eigenvalue weighted by molar-refractivity contribution is 0.286. The molecule has 1 heterocycles. The van der Waals surface area contributed by atoms with Crippen LogP contribution in [0.4, 0.5) is 0 Å². The van der Waals surface area contributed by atoms with Crippen LogP contribution < -0.4 is 18.9 Å². The largest absolute Gasteiger partial charge is 0.493 e. The molecular weight excluding hydrogens is 344 g/mol. The maximum atomic E-state index is 5.85. The molecule has 0 radical (unpaired) electrons. The van der Waals surface area contributed by atoms with Gasteiger partial charge in [0.2, 0.25) is 0 Å². The van der Waals surface area contributed by atoms with Crippen molar-refractivity contribution in [3.05, 3.63) is 30.3 Å². The number of unbranched alkanes of at least 4 members (excludes halogenated alkanes) is 2. The van der Waals surface area contributed by atoms with Crippen LogP contribution in [0.15, 0.2) is 30.3 Å². The molecule has 0 spiro atoms. The van der Waals surface area contributed by atoms with Gasteiger partial charge in [-0.05, 0) is 24.6 Å². The Kier molecular flexibility index (Phi) is 6.06. The number of aromatic amines is 1. The van der Waals surface area contributed by atoms with Crippen LogP contribution in [-0.4, -0.2) is 37.9 Å². The predicted octanol–water partition coefficient (Wildman–Crippen LogP) is 4.82. The average molecular weight is 370 g/mol. The molecule has 0 bridgehead atoms. The zero-order valence-electron chi connectivity index (χ0n) is 16.3. The summed E-state index contributed by atoms with van der Waals surface area (Å²) in [7, 11) is 4.87. The first-order valence-electron chi connectivity index (χ1n) is 9.13. The monoisotopic (exact) mass is 370 g/mol. The molecule has 0 aliphatic rings. The number of fused-ring (bicyclic) bond motifs is 1. The van der Waals surface area contributed by atoms with E-state index >= 15 is 0 Å². The third-order valence-corrected chi connectivity index (χ3v) is 4.43. The van der Waals surface area contributed by atoms with E-state index in [9.17, 15) is 0 Å². The van der Waals surface area contributed by atoms with Gasteiger partial charge in [-0.1, -0.05) is 19.8 Å². The van der Waals surface area contributed by atoms with Crippen molar-refractivity contribution in [3.63, 3.8) is 0 Å². The zero-order valence-corrected chi connectivity index (χ0v) is 16.3. The van der Waals surface area contributed by atoms with E-state index in [0.717, 1.165) is 41.0 Å². The molecule has 3 aromatic rings. The highest BCUT2D eigenvalue weighted by atomic mass is 16.5. The summed E-state index contributed by atoms with van der Waals surface area (Å²) < 4.78 is 22.1. The Hall–Kier alpha value is -2.89. The van der Waals surface area contributed by atoms with Crippen LogP contribution in [0.1, 0.15) is 26.2 Å². The Balaban J connectivity index is 1.89. The number of nitrogens with one attached hydrogen (secondary N) is 1. The number of benzene rings is 2. The summed E-state index contributed by atoms with van der Waals surface area (Å²) in [6.07, 6.45) is 3.36. The lowest BCUT2D eigenvalue weighted by Gasteiger charge is -2.11. The standard InChI is InChI=1S/C21H26N2O4/c1-5-6-7-10-27-17-9-8-14(11-18(17)24-2)21-22-15-12-19(25-3)20(26-4)13-16(15)23-21/h8-9,11-13H,5-7,10H2,1-4H3,(H,22,23). The van der Waals surface area contributed by atoms with Gasteiger partial charge in [0.05, 0.1) is 39.0 Å². The van der Waals surface area contributed by atoms with Crippen LogP contribution in [0.25, 0.3) is 22.4 Å². The molecule has 0 amide bonds. The SMILES string of the molecule is CCCCCOc1ccc(-c2nc3cc(OC)c(OC)cc3[nH]2)cc1OC. The van der Waals surface area contributed by atoms with Crippen molar-refractivity contribution >= 4 is 11.0 Å². The highest BCUT2D eigenvalue weighted by Gasteiger charge is 2.13. The van der Waals surface area contributed by atoms with Crippen molar-refractivity contribution in [1.82, 2.24) is 9.97 Å². The summed E-state index contributed by atoms with van der Waals surface area (Å²) in [5.74, 6) is 3.50. The molecule has 0 saturated heterocycles. The summed E-state index contributed by atoms with van der Waals surface area (Å²) in [6, 6.07) is 9.57. The first-order valence-corrected chi connectivity index (χ1v) is 9.13. The van der Waals surface area contributed by atoms with Crippen molar-refractivity contribution in [2.24, 2.45) is 0 Å². The summed E-state index contributed by atoms with van der Waals surface area (Å²) in [5, 5.41) is 0. The van der Waals surface area contributed by atoms with Gasteiger partial charge in [0, 0.05) is 17.7 Å². The van der Waals surface area contributed by atoms with Crippen LogP contribution in [-0.2, 0) is 0 Å². The van der Waals surface area contributed by atoms with Crippen LogP contribution in [0, 0.1) is 0 Å². The molecule has 0 saturated carbocycles. The second-order valence-electron chi connectivity index (χ2n) is 6.23. The van der Waals surface area contributed by atoms with Gasteiger partial charge in [-0.25, -0.2) is 4.98 Å². The van der Waals surface area contributed by atoms with E-state index in [-0.39, 0.29) is 0 Å². The number of H-pyrrole nitrogens is 1. The fourth-order valence-corrected chi connectivity index (χ4v) is 2.94. The minimum atomic E-state index is 0.649. The van der Waals surface area contributed by atoms with Crippen molar-refractivity contribution in [3.8, 4) is 34.4 Å². The van der Waals surface area contributed by atoms with Crippen LogP contribution in [0.5, 0.6) is 23.0 Å². The van der Waals surface area contributed by atoms with E-state index in [1.165, 1.54) is 6.42 Å². The molecule has 0 unspecified atom stereocenters. The van der Waals surface area contributed by atoms with Gasteiger partial charge in [-0.2, -0.15) is 0 Å². The van der Waals surface area contributed by atoms with E-state index in [1.54, 1.807) is 21.3 Å². The van der Waals surface area contributed by atoms with Crippen molar-refractivity contribution in [2.45, 2.75) is 26.2 Å². The van der Waals surface area contributed by atoms with Crippen LogP contribution in [0.2, 0.25) is 0 Å². The average Bonchev–Trinajstić information content (AvgIpc) is 3.13. The fourth-order valence-electron chi connectivity index (χ4n) is 2.94. The van der Waals surface area contributed by atoms with E-state index < -0.39 is 0 Å². The number of aromatic nitrogens is 2. The summed E-state index contributed by atoms with van der Waals surface area (Å²) in [5.41, 5.74) is 2.60. The maximum absolute atomic E-state index is 5.85. The van der Waals surface area contributed by atoms with E-state index in [4.69, 9.17) is 18.9 Å². The molecular formula is C21H26N2O4. The summed E-state index contributed by atoms with van der Waals surface area (Å²) in [6.45, 7) is 2.86. The maximum Gasteiger partial charge on any atom is 0.163 e. The Morgan fingerprint density at radius 2 is 1.56 bits per heavy atom. The number of hydrogen-bond acceptors (Lipinski definition) is 5. The van der Waals surface area contributed by atoms with Crippen molar-refractivity contribution < 1.29 is 18.9 Å². The Bertz CT molecular complexity index is 864. The molecule has 1 aromatic heterocycles. The number of hydrogen-bond donors (Lipinski definition) is 1. The number of ether oxygens (including phenoxy) is 4. The molecule has 6 heteroatoms. The molecule has 0 aliphatic heterocycles. The topological polar surface area (TPSA) is 65.6 Å². The molecule has 0 aliphatic carbocycles. The Morgan fingerprint density at radius 1 is 0.852 bits per heavy atom. The van der Waals surface area contributed by atoms with Gasteiger partial charge in [-0.15, -0.1) is 0 Å². The zero-order chi connectivity index (χ0) is 19.2. The van der Waals surface area contributed by atoms with E-state index in [0.29, 0.717) is 23.9 Å². The van der Waals surface area contributed by atoms with Crippen molar-refractivity contribution in [2.75, 3.05) is 27.9 Å². The second-order valence-corrected chi connectivity index (χ2v) is 6.23. The van der Waals surface area contributed by atoms with Crippen LogP contribution >= 0.6 is 0 Å². The molecule has 27 heavy (non-hydrogen) atoms. The Labute approximate surface area is 159 Å². The number of imidazole rings is 1. The molecule has 144 valence electrons. The van der Waals surface area contributed by atoms with Gasteiger partial charge in [0.25, 0.3) is 0 Å². The van der Waals surface area contributed by atoms with E-state index in [2.05, 4.69) is 16.9 Å².